The highest BCUT2D eigenvalue weighted by atomic mass is 16.2. The fourth-order valence-corrected chi connectivity index (χ4v) is 1.93. The van der Waals surface area contributed by atoms with Crippen molar-refractivity contribution in [2.24, 2.45) is 16.1 Å². The summed E-state index contributed by atoms with van der Waals surface area (Å²) < 4.78 is 0. The number of amides is 1. The van der Waals surface area contributed by atoms with Crippen LogP contribution in [0.4, 0.5) is 5.69 Å². The zero-order valence-corrected chi connectivity index (χ0v) is 8.84. The second kappa shape index (κ2) is 3.60. The average Bonchev–Trinajstić information content (AvgIpc) is 2.85. The molecular formula is C11H9N5O. The molecule has 0 saturated heterocycles. The van der Waals surface area contributed by atoms with Gasteiger partial charge in [0.05, 0.1) is 11.5 Å². The van der Waals surface area contributed by atoms with E-state index in [1.165, 1.54) is 0 Å². The van der Waals surface area contributed by atoms with Crippen LogP contribution in [-0.2, 0) is 11.2 Å². The number of rotatable bonds is 1. The van der Waals surface area contributed by atoms with Gasteiger partial charge in [-0.25, -0.2) is 5.84 Å². The SMILES string of the molecule is NNC(=O)C1=CC=c2ncc3c(c2C1)N=NC=3. The number of hydrogen-bond donors (Lipinski definition) is 2. The van der Waals surface area contributed by atoms with Gasteiger partial charge in [-0.15, -0.1) is 0 Å². The Bertz CT molecular complexity index is 687. The zero-order chi connectivity index (χ0) is 11.8. The number of carbonyl (C=O) groups excluding carboxylic acids is 1. The summed E-state index contributed by atoms with van der Waals surface area (Å²) in [4.78, 5) is 15.8. The maximum atomic E-state index is 11.5. The second-order valence-corrected chi connectivity index (χ2v) is 3.78. The van der Waals surface area contributed by atoms with E-state index < -0.39 is 0 Å². The Labute approximate surface area is 96.2 Å². The van der Waals surface area contributed by atoms with Crippen molar-refractivity contribution in [3.05, 3.63) is 34.0 Å². The lowest BCUT2D eigenvalue weighted by molar-refractivity contribution is -0.117. The van der Waals surface area contributed by atoms with Crippen molar-refractivity contribution in [3.8, 4) is 0 Å². The third kappa shape index (κ3) is 1.46. The predicted octanol–water partition coefficient (Wildman–Crippen LogP) is -0.830. The summed E-state index contributed by atoms with van der Waals surface area (Å²) >= 11 is 0. The number of fused-ring (bicyclic) bond motifs is 3. The predicted molar refractivity (Wildman–Crippen MR) is 61.1 cm³/mol. The van der Waals surface area contributed by atoms with E-state index in [9.17, 15) is 4.79 Å². The molecule has 1 aromatic rings. The van der Waals surface area contributed by atoms with Gasteiger partial charge in [0.15, 0.2) is 0 Å². The van der Waals surface area contributed by atoms with E-state index in [0.29, 0.717) is 12.0 Å². The van der Waals surface area contributed by atoms with Crippen LogP contribution in [0.5, 0.6) is 0 Å². The van der Waals surface area contributed by atoms with Gasteiger partial charge in [-0.05, 0) is 6.08 Å². The second-order valence-electron chi connectivity index (χ2n) is 3.78. The molecule has 6 heteroatoms. The highest BCUT2D eigenvalue weighted by Gasteiger charge is 2.17. The van der Waals surface area contributed by atoms with Gasteiger partial charge in [0, 0.05) is 29.0 Å². The highest BCUT2D eigenvalue weighted by Crippen LogP contribution is 2.19. The van der Waals surface area contributed by atoms with Crippen molar-refractivity contribution in [2.75, 3.05) is 0 Å². The number of allylic oxidation sites excluding steroid dienone is 1. The minimum Gasteiger partial charge on any atom is -0.290 e. The van der Waals surface area contributed by atoms with Gasteiger partial charge in [-0.2, -0.15) is 10.2 Å². The summed E-state index contributed by atoms with van der Waals surface area (Å²) in [6.45, 7) is 0. The Morgan fingerprint density at radius 1 is 1.41 bits per heavy atom. The maximum Gasteiger partial charge on any atom is 0.261 e. The van der Waals surface area contributed by atoms with Gasteiger partial charge in [-0.3, -0.25) is 15.2 Å². The molecule has 2 heterocycles. The molecular weight excluding hydrogens is 218 g/mol. The first-order valence-corrected chi connectivity index (χ1v) is 5.10. The summed E-state index contributed by atoms with van der Waals surface area (Å²) in [6, 6.07) is 0. The normalized spacial score (nSPS) is 15.2. The molecule has 3 rings (SSSR count). The number of azo groups is 1. The van der Waals surface area contributed by atoms with E-state index in [2.05, 4.69) is 20.6 Å². The third-order valence-electron chi connectivity index (χ3n) is 2.80. The number of aromatic nitrogens is 1. The van der Waals surface area contributed by atoms with Crippen LogP contribution in [0.1, 0.15) is 5.56 Å². The summed E-state index contributed by atoms with van der Waals surface area (Å²) in [5.74, 6) is 4.83. The molecule has 0 unspecified atom stereocenters. The molecule has 0 saturated carbocycles. The van der Waals surface area contributed by atoms with E-state index in [4.69, 9.17) is 5.84 Å². The van der Waals surface area contributed by atoms with Gasteiger partial charge < -0.3 is 0 Å². The Kier molecular flexibility index (Phi) is 2.09. The number of nitrogens with two attached hydrogens (primary N) is 1. The number of hydrogen-bond acceptors (Lipinski definition) is 5. The van der Waals surface area contributed by atoms with Gasteiger partial charge in [0.25, 0.3) is 5.91 Å². The van der Waals surface area contributed by atoms with Crippen LogP contribution >= 0.6 is 0 Å². The van der Waals surface area contributed by atoms with E-state index in [1.54, 1.807) is 24.5 Å². The molecule has 2 aliphatic rings. The lowest BCUT2D eigenvalue weighted by Gasteiger charge is -2.11. The average molecular weight is 227 g/mol. The van der Waals surface area contributed by atoms with Crippen molar-refractivity contribution in [1.82, 2.24) is 10.4 Å². The van der Waals surface area contributed by atoms with Gasteiger partial charge in [-0.1, -0.05) is 6.08 Å². The minimum atomic E-state index is -0.289. The van der Waals surface area contributed by atoms with Crippen LogP contribution in [0.3, 0.4) is 0 Å². The standard InChI is InChI=1S/C11H9N5O/c12-15-11(17)6-1-2-9-8(3-6)10-7(4-13-9)5-14-16-10/h1-2,4-5H,3,12H2,(H,15,17). The summed E-state index contributed by atoms with van der Waals surface area (Å²) in [7, 11) is 0. The Hall–Kier alpha value is -2.34. The molecule has 3 N–H and O–H groups in total. The Morgan fingerprint density at radius 3 is 3.12 bits per heavy atom. The van der Waals surface area contributed by atoms with Crippen LogP contribution in [-0.4, -0.2) is 10.9 Å². The number of pyridine rings is 1. The first kappa shape index (κ1) is 9.86. The van der Waals surface area contributed by atoms with Gasteiger partial charge in [0.1, 0.15) is 5.69 Å². The molecule has 0 fully saturated rings. The number of hydrazine groups is 1. The zero-order valence-electron chi connectivity index (χ0n) is 8.84. The number of nitrogens with one attached hydrogen (secondary N) is 1. The molecule has 0 aromatic carbocycles. The topological polar surface area (TPSA) is 92.7 Å². The van der Waals surface area contributed by atoms with Crippen molar-refractivity contribution in [2.45, 2.75) is 6.42 Å². The molecule has 0 bridgehead atoms. The quantitative estimate of drug-likeness (QED) is 0.372. The Balaban J connectivity index is 2.16. The molecule has 6 nitrogen and oxygen atoms in total. The fraction of sp³-hybridized carbons (Fsp3) is 0.0909. The molecule has 84 valence electrons. The monoisotopic (exact) mass is 227 g/mol. The molecule has 0 radical (unpaired) electrons. The van der Waals surface area contributed by atoms with Crippen molar-refractivity contribution in [1.29, 1.82) is 0 Å². The molecule has 1 amide bonds. The van der Waals surface area contributed by atoms with Crippen LogP contribution in [0.2, 0.25) is 0 Å². The molecule has 0 spiro atoms. The van der Waals surface area contributed by atoms with E-state index in [1.807, 2.05) is 0 Å². The molecule has 1 aliphatic heterocycles. The lowest BCUT2D eigenvalue weighted by atomic mass is 9.98. The first-order chi connectivity index (χ1) is 8.29. The summed E-state index contributed by atoms with van der Waals surface area (Å²) in [6.07, 6.45) is 7.37. The van der Waals surface area contributed by atoms with E-state index >= 15 is 0 Å². The van der Waals surface area contributed by atoms with Gasteiger partial charge in [0.2, 0.25) is 0 Å². The van der Waals surface area contributed by atoms with E-state index in [0.717, 1.165) is 21.8 Å². The summed E-state index contributed by atoms with van der Waals surface area (Å²) in [5.41, 5.74) is 4.43. The number of carbonyl (C=O) groups is 1. The van der Waals surface area contributed by atoms with Crippen molar-refractivity contribution < 1.29 is 4.79 Å². The fourth-order valence-electron chi connectivity index (χ4n) is 1.93. The maximum absolute atomic E-state index is 11.5. The smallest absolute Gasteiger partial charge is 0.261 e. The van der Waals surface area contributed by atoms with Crippen molar-refractivity contribution in [3.63, 3.8) is 0 Å². The van der Waals surface area contributed by atoms with Crippen LogP contribution in [0.15, 0.2) is 28.1 Å². The number of nitrogens with zero attached hydrogens (tertiary/aromatic N) is 3. The van der Waals surface area contributed by atoms with Gasteiger partial charge >= 0.3 is 0 Å². The van der Waals surface area contributed by atoms with Crippen LogP contribution in [0, 0.1) is 0 Å². The first-order valence-electron chi connectivity index (χ1n) is 5.10. The molecule has 0 atom stereocenters. The largest absolute Gasteiger partial charge is 0.290 e. The molecule has 1 aromatic heterocycles. The summed E-state index contributed by atoms with van der Waals surface area (Å²) in [5, 5.41) is 9.61. The van der Waals surface area contributed by atoms with E-state index in [-0.39, 0.29) is 5.91 Å². The highest BCUT2D eigenvalue weighted by molar-refractivity contribution is 5.95. The Morgan fingerprint density at radius 2 is 2.29 bits per heavy atom. The molecule has 1 aliphatic carbocycles. The van der Waals surface area contributed by atoms with Crippen molar-refractivity contribution >= 4 is 23.9 Å². The minimum absolute atomic E-state index is 0.289. The van der Waals surface area contributed by atoms with Crippen LogP contribution in [0.25, 0.3) is 12.3 Å². The lowest BCUT2D eigenvalue weighted by Crippen LogP contribution is -2.34. The van der Waals surface area contributed by atoms with Crippen LogP contribution < -0.4 is 21.8 Å². The molecule has 17 heavy (non-hydrogen) atoms. The third-order valence-corrected chi connectivity index (χ3v) is 2.80.